The molecule has 0 spiro atoms. The average molecular weight is 350 g/mol. The predicted octanol–water partition coefficient (Wildman–Crippen LogP) is 1.88. The van der Waals surface area contributed by atoms with Gasteiger partial charge in [0.15, 0.2) is 15.8 Å². The summed E-state index contributed by atoms with van der Waals surface area (Å²) >= 11 is 0. The van der Waals surface area contributed by atoms with Crippen molar-refractivity contribution in [2.45, 2.75) is 25.7 Å². The molecule has 0 radical (unpaired) electrons. The molecule has 1 aromatic rings. The van der Waals surface area contributed by atoms with Gasteiger partial charge in [0.25, 0.3) is 0 Å². The fraction of sp³-hybridized carbons (Fsp3) is 0.611. The Bertz CT molecular complexity index is 673. The highest BCUT2D eigenvalue weighted by molar-refractivity contribution is 7.91. The largest absolute Gasteiger partial charge is 0.357 e. The van der Waals surface area contributed by atoms with E-state index in [1.54, 1.807) is 0 Å². The summed E-state index contributed by atoms with van der Waals surface area (Å²) in [5.74, 6) is 2.27. The Balaban J connectivity index is 1.62. The Labute approximate surface area is 145 Å². The van der Waals surface area contributed by atoms with Crippen molar-refractivity contribution in [2.24, 2.45) is 10.9 Å². The Kier molecular flexibility index (Phi) is 5.43. The molecule has 2 atom stereocenters. The Hall–Kier alpha value is -1.56. The molecular weight excluding hydrogens is 322 g/mol. The van der Waals surface area contributed by atoms with Crippen LogP contribution in [0.4, 0.5) is 0 Å². The van der Waals surface area contributed by atoms with E-state index in [1.165, 1.54) is 5.56 Å². The predicted molar refractivity (Wildman–Crippen MR) is 98.1 cm³/mol. The molecule has 5 nitrogen and oxygen atoms in total. The standard InChI is InChI=1S/C18H27N3O2S/c1-2-19-18(20-12-15-9-11-24(22,23)14-15)21-10-8-17(13-21)16-6-4-3-5-7-16/h3-7,15,17H,2,8-14H2,1H3,(H,19,20). The highest BCUT2D eigenvalue weighted by Gasteiger charge is 2.29. The van der Waals surface area contributed by atoms with E-state index in [-0.39, 0.29) is 5.92 Å². The number of rotatable bonds is 4. The van der Waals surface area contributed by atoms with Gasteiger partial charge in [-0.15, -0.1) is 0 Å². The van der Waals surface area contributed by atoms with Crippen molar-refractivity contribution in [2.75, 3.05) is 37.7 Å². The molecule has 3 rings (SSSR count). The molecule has 2 aliphatic heterocycles. The van der Waals surface area contributed by atoms with Crippen LogP contribution < -0.4 is 5.32 Å². The Morgan fingerprint density at radius 3 is 2.75 bits per heavy atom. The lowest BCUT2D eigenvalue weighted by molar-refractivity contribution is 0.481. The molecule has 0 aromatic heterocycles. The van der Waals surface area contributed by atoms with Crippen molar-refractivity contribution >= 4 is 15.8 Å². The van der Waals surface area contributed by atoms with E-state index in [1.807, 2.05) is 0 Å². The van der Waals surface area contributed by atoms with Crippen molar-refractivity contribution in [1.82, 2.24) is 10.2 Å². The summed E-state index contributed by atoms with van der Waals surface area (Å²) in [6.07, 6.45) is 1.88. The van der Waals surface area contributed by atoms with Crippen LogP contribution in [0.25, 0.3) is 0 Å². The van der Waals surface area contributed by atoms with Crippen molar-refractivity contribution in [3.8, 4) is 0 Å². The first-order valence-electron chi connectivity index (χ1n) is 8.86. The maximum atomic E-state index is 11.6. The van der Waals surface area contributed by atoms with Crippen LogP contribution in [-0.2, 0) is 9.84 Å². The minimum atomic E-state index is -2.82. The number of benzene rings is 1. The fourth-order valence-electron chi connectivity index (χ4n) is 3.61. The van der Waals surface area contributed by atoms with Gasteiger partial charge in [0.05, 0.1) is 11.5 Å². The molecule has 0 amide bonds. The van der Waals surface area contributed by atoms with Crippen molar-refractivity contribution in [3.63, 3.8) is 0 Å². The van der Waals surface area contributed by atoms with Crippen LogP contribution in [0.3, 0.4) is 0 Å². The SMILES string of the molecule is CCNC(=NCC1CCS(=O)(=O)C1)N1CCC(c2ccccc2)C1. The lowest BCUT2D eigenvalue weighted by atomic mass is 9.99. The molecule has 132 valence electrons. The highest BCUT2D eigenvalue weighted by Crippen LogP contribution is 2.27. The van der Waals surface area contributed by atoms with Gasteiger partial charge in [-0.3, -0.25) is 4.99 Å². The summed E-state index contributed by atoms with van der Waals surface area (Å²) in [7, 11) is -2.82. The molecule has 2 heterocycles. The molecule has 24 heavy (non-hydrogen) atoms. The molecule has 6 heteroatoms. The number of hydrogen-bond acceptors (Lipinski definition) is 3. The van der Waals surface area contributed by atoms with E-state index in [4.69, 9.17) is 4.99 Å². The zero-order chi connectivity index (χ0) is 17.0. The van der Waals surface area contributed by atoms with Crippen LogP contribution in [0.1, 0.15) is 31.2 Å². The third kappa shape index (κ3) is 4.29. The van der Waals surface area contributed by atoms with Gasteiger partial charge in [-0.25, -0.2) is 8.42 Å². The molecule has 0 bridgehead atoms. The lowest BCUT2D eigenvalue weighted by Gasteiger charge is -2.22. The molecule has 1 N–H and O–H groups in total. The second-order valence-electron chi connectivity index (χ2n) is 6.81. The number of nitrogens with one attached hydrogen (secondary N) is 1. The van der Waals surface area contributed by atoms with Gasteiger partial charge in [-0.2, -0.15) is 0 Å². The third-order valence-electron chi connectivity index (χ3n) is 4.92. The maximum absolute atomic E-state index is 11.6. The minimum Gasteiger partial charge on any atom is -0.357 e. The van der Waals surface area contributed by atoms with Gasteiger partial charge in [-0.1, -0.05) is 30.3 Å². The van der Waals surface area contributed by atoms with E-state index in [0.717, 1.165) is 38.4 Å². The second kappa shape index (κ2) is 7.55. The zero-order valence-corrected chi connectivity index (χ0v) is 15.1. The first kappa shape index (κ1) is 17.3. The molecular formula is C18H27N3O2S. The van der Waals surface area contributed by atoms with Gasteiger partial charge in [0.1, 0.15) is 0 Å². The van der Waals surface area contributed by atoms with Crippen LogP contribution in [0.15, 0.2) is 35.3 Å². The van der Waals surface area contributed by atoms with Gasteiger partial charge in [0.2, 0.25) is 0 Å². The van der Waals surface area contributed by atoms with Crippen LogP contribution >= 0.6 is 0 Å². The summed E-state index contributed by atoms with van der Waals surface area (Å²) in [6.45, 7) is 5.47. The first-order valence-corrected chi connectivity index (χ1v) is 10.7. The molecule has 1 aromatic carbocycles. The second-order valence-corrected chi connectivity index (χ2v) is 9.03. The van der Waals surface area contributed by atoms with Crippen LogP contribution in [0.5, 0.6) is 0 Å². The van der Waals surface area contributed by atoms with E-state index in [2.05, 4.69) is 47.5 Å². The summed E-state index contributed by atoms with van der Waals surface area (Å²) in [4.78, 5) is 7.05. The topological polar surface area (TPSA) is 61.8 Å². The zero-order valence-electron chi connectivity index (χ0n) is 14.3. The molecule has 2 unspecified atom stereocenters. The minimum absolute atomic E-state index is 0.177. The van der Waals surface area contributed by atoms with Crippen molar-refractivity contribution in [3.05, 3.63) is 35.9 Å². The summed E-state index contributed by atoms with van der Waals surface area (Å²) < 4.78 is 23.2. The molecule has 0 saturated carbocycles. The van der Waals surface area contributed by atoms with Crippen LogP contribution in [0.2, 0.25) is 0 Å². The van der Waals surface area contributed by atoms with Gasteiger partial charge in [0, 0.05) is 32.1 Å². The molecule has 0 aliphatic carbocycles. The van der Waals surface area contributed by atoms with Crippen LogP contribution in [0, 0.1) is 5.92 Å². The Morgan fingerprint density at radius 1 is 1.29 bits per heavy atom. The third-order valence-corrected chi connectivity index (χ3v) is 6.76. The van der Waals surface area contributed by atoms with E-state index >= 15 is 0 Å². The maximum Gasteiger partial charge on any atom is 0.193 e. The number of aliphatic imine (C=N–C) groups is 1. The van der Waals surface area contributed by atoms with E-state index in [9.17, 15) is 8.42 Å². The van der Waals surface area contributed by atoms with Crippen molar-refractivity contribution in [1.29, 1.82) is 0 Å². The fourth-order valence-corrected chi connectivity index (χ4v) is 5.46. The van der Waals surface area contributed by atoms with Crippen LogP contribution in [-0.4, -0.2) is 57.0 Å². The summed E-state index contributed by atoms with van der Waals surface area (Å²) in [5.41, 5.74) is 1.39. The number of nitrogens with zero attached hydrogens (tertiary/aromatic N) is 2. The molecule has 2 saturated heterocycles. The monoisotopic (exact) mass is 349 g/mol. The number of likely N-dealkylation sites (tertiary alicyclic amines) is 1. The number of sulfone groups is 1. The van der Waals surface area contributed by atoms with E-state index in [0.29, 0.717) is 24.0 Å². The first-order chi connectivity index (χ1) is 11.6. The normalized spacial score (nSPS) is 26.7. The Morgan fingerprint density at radius 2 is 2.08 bits per heavy atom. The lowest BCUT2D eigenvalue weighted by Crippen LogP contribution is -2.40. The van der Waals surface area contributed by atoms with Crippen molar-refractivity contribution < 1.29 is 8.42 Å². The smallest absolute Gasteiger partial charge is 0.193 e. The van der Waals surface area contributed by atoms with Gasteiger partial charge >= 0.3 is 0 Å². The van der Waals surface area contributed by atoms with E-state index < -0.39 is 9.84 Å². The number of guanidine groups is 1. The quantitative estimate of drug-likeness (QED) is 0.666. The molecule has 2 fully saturated rings. The average Bonchev–Trinajstić information content (AvgIpc) is 3.19. The highest BCUT2D eigenvalue weighted by atomic mass is 32.2. The van der Waals surface area contributed by atoms with Gasteiger partial charge in [-0.05, 0) is 31.2 Å². The summed E-state index contributed by atoms with van der Waals surface area (Å²) in [5, 5.41) is 3.37. The van der Waals surface area contributed by atoms with Gasteiger partial charge < -0.3 is 10.2 Å². The molecule has 2 aliphatic rings. The summed E-state index contributed by atoms with van der Waals surface area (Å²) in [6, 6.07) is 10.6. The number of hydrogen-bond donors (Lipinski definition) is 1.